The molecule has 1 atom stereocenters. The molecule has 0 aliphatic rings. The van der Waals surface area contributed by atoms with E-state index in [1.165, 1.54) is 12.1 Å². The van der Waals surface area contributed by atoms with Crippen LogP contribution in [0.15, 0.2) is 42.6 Å². The Bertz CT molecular complexity index is 599. The summed E-state index contributed by atoms with van der Waals surface area (Å²) in [6.45, 7) is 1.79. The predicted octanol–water partition coefficient (Wildman–Crippen LogP) is 2.31. The number of benzene rings is 1. The molecule has 0 spiro atoms. The SMILES string of the molecule is CC(Cc1ccc(O)c(O)c1)C(=O)Nc1ccccn1. The van der Waals surface area contributed by atoms with Gasteiger partial charge in [-0.2, -0.15) is 0 Å². The minimum Gasteiger partial charge on any atom is -0.504 e. The second-order valence-corrected chi connectivity index (χ2v) is 4.63. The van der Waals surface area contributed by atoms with Gasteiger partial charge in [0.2, 0.25) is 5.91 Å². The minimum absolute atomic E-state index is 0.142. The zero-order chi connectivity index (χ0) is 14.5. The quantitative estimate of drug-likeness (QED) is 0.746. The number of rotatable bonds is 4. The standard InChI is InChI=1S/C15H16N2O3/c1-10(8-11-5-6-12(18)13(19)9-11)15(20)17-14-4-2-3-7-16-14/h2-7,9-10,18-19H,8H2,1H3,(H,16,17,20). The van der Waals surface area contributed by atoms with Crippen molar-refractivity contribution in [2.45, 2.75) is 13.3 Å². The number of hydrogen-bond donors (Lipinski definition) is 3. The highest BCUT2D eigenvalue weighted by Gasteiger charge is 2.15. The number of amides is 1. The molecular weight excluding hydrogens is 256 g/mol. The van der Waals surface area contributed by atoms with Crippen LogP contribution in [0.1, 0.15) is 12.5 Å². The number of aromatic nitrogens is 1. The molecule has 20 heavy (non-hydrogen) atoms. The normalized spacial score (nSPS) is 11.8. The van der Waals surface area contributed by atoms with Crippen molar-refractivity contribution in [3.05, 3.63) is 48.2 Å². The Labute approximate surface area is 116 Å². The Hall–Kier alpha value is -2.56. The fourth-order valence-corrected chi connectivity index (χ4v) is 1.83. The first-order chi connectivity index (χ1) is 9.56. The number of nitrogens with zero attached hydrogens (tertiary/aromatic N) is 1. The van der Waals surface area contributed by atoms with Gasteiger partial charge in [-0.3, -0.25) is 4.79 Å². The molecule has 1 heterocycles. The van der Waals surface area contributed by atoms with Crippen molar-refractivity contribution < 1.29 is 15.0 Å². The number of carbonyl (C=O) groups is 1. The molecule has 1 unspecified atom stereocenters. The van der Waals surface area contributed by atoms with E-state index < -0.39 is 0 Å². The number of carbonyl (C=O) groups excluding carboxylic acids is 1. The summed E-state index contributed by atoms with van der Waals surface area (Å²) in [7, 11) is 0. The van der Waals surface area contributed by atoms with Gasteiger partial charge in [-0.25, -0.2) is 4.98 Å². The van der Waals surface area contributed by atoms with Gasteiger partial charge < -0.3 is 15.5 Å². The number of aromatic hydroxyl groups is 2. The van der Waals surface area contributed by atoms with E-state index in [4.69, 9.17) is 0 Å². The lowest BCUT2D eigenvalue weighted by Gasteiger charge is -2.12. The zero-order valence-corrected chi connectivity index (χ0v) is 11.1. The average Bonchev–Trinajstić information content (AvgIpc) is 2.44. The molecule has 0 bridgehead atoms. The van der Waals surface area contributed by atoms with Crippen LogP contribution in [0.25, 0.3) is 0 Å². The monoisotopic (exact) mass is 272 g/mol. The van der Waals surface area contributed by atoms with Gasteiger partial charge in [-0.1, -0.05) is 19.1 Å². The number of phenolic OH excluding ortho intramolecular Hbond substituents is 2. The van der Waals surface area contributed by atoms with E-state index in [9.17, 15) is 15.0 Å². The molecule has 3 N–H and O–H groups in total. The van der Waals surface area contributed by atoms with Gasteiger partial charge in [0, 0.05) is 12.1 Å². The molecule has 5 heteroatoms. The fraction of sp³-hybridized carbons (Fsp3) is 0.200. The van der Waals surface area contributed by atoms with Gasteiger partial charge in [0.25, 0.3) is 0 Å². The zero-order valence-electron chi connectivity index (χ0n) is 11.1. The topological polar surface area (TPSA) is 82.5 Å². The largest absolute Gasteiger partial charge is 0.504 e. The van der Waals surface area contributed by atoms with Crippen LogP contribution in [0.5, 0.6) is 11.5 Å². The molecule has 2 aromatic rings. The van der Waals surface area contributed by atoms with Crippen molar-refractivity contribution in [3.63, 3.8) is 0 Å². The first kappa shape index (κ1) is 13.9. The lowest BCUT2D eigenvalue weighted by atomic mass is 10.00. The maximum Gasteiger partial charge on any atom is 0.228 e. The van der Waals surface area contributed by atoms with Gasteiger partial charge in [-0.15, -0.1) is 0 Å². The third-order valence-electron chi connectivity index (χ3n) is 2.95. The van der Waals surface area contributed by atoms with Crippen LogP contribution in [0.2, 0.25) is 0 Å². The van der Waals surface area contributed by atoms with Crippen molar-refractivity contribution in [1.82, 2.24) is 4.98 Å². The van der Waals surface area contributed by atoms with Gasteiger partial charge in [0.15, 0.2) is 11.5 Å². The highest BCUT2D eigenvalue weighted by atomic mass is 16.3. The van der Waals surface area contributed by atoms with Crippen molar-refractivity contribution in [3.8, 4) is 11.5 Å². The maximum atomic E-state index is 12.0. The molecule has 0 saturated heterocycles. The average molecular weight is 272 g/mol. The number of phenols is 2. The Morgan fingerprint density at radius 1 is 1.25 bits per heavy atom. The highest BCUT2D eigenvalue weighted by molar-refractivity contribution is 5.91. The molecule has 0 fully saturated rings. The van der Waals surface area contributed by atoms with Gasteiger partial charge >= 0.3 is 0 Å². The van der Waals surface area contributed by atoms with E-state index in [-0.39, 0.29) is 23.3 Å². The van der Waals surface area contributed by atoms with Crippen molar-refractivity contribution in [1.29, 1.82) is 0 Å². The third-order valence-corrected chi connectivity index (χ3v) is 2.95. The third kappa shape index (κ3) is 3.47. The summed E-state index contributed by atoms with van der Waals surface area (Å²) in [5, 5.41) is 21.4. The molecule has 1 aromatic heterocycles. The Morgan fingerprint density at radius 3 is 2.70 bits per heavy atom. The van der Waals surface area contributed by atoms with Gasteiger partial charge in [0.05, 0.1) is 0 Å². The van der Waals surface area contributed by atoms with Gasteiger partial charge in [-0.05, 0) is 36.2 Å². The molecule has 0 aliphatic carbocycles. The lowest BCUT2D eigenvalue weighted by Crippen LogP contribution is -2.22. The van der Waals surface area contributed by atoms with Crippen LogP contribution in [0, 0.1) is 5.92 Å². The summed E-state index contributed by atoms with van der Waals surface area (Å²) in [6.07, 6.45) is 2.07. The number of hydrogen-bond acceptors (Lipinski definition) is 4. The molecule has 2 rings (SSSR count). The fourth-order valence-electron chi connectivity index (χ4n) is 1.83. The van der Waals surface area contributed by atoms with E-state index in [1.54, 1.807) is 37.4 Å². The minimum atomic E-state index is -0.277. The van der Waals surface area contributed by atoms with Gasteiger partial charge in [0.1, 0.15) is 5.82 Å². The Morgan fingerprint density at radius 2 is 2.05 bits per heavy atom. The summed E-state index contributed by atoms with van der Waals surface area (Å²) in [4.78, 5) is 16.0. The van der Waals surface area contributed by atoms with Crippen LogP contribution < -0.4 is 5.32 Å². The smallest absolute Gasteiger partial charge is 0.228 e. The van der Waals surface area contributed by atoms with Crippen molar-refractivity contribution in [2.75, 3.05) is 5.32 Å². The molecule has 0 saturated carbocycles. The predicted molar refractivity (Wildman–Crippen MR) is 75.5 cm³/mol. The number of anilines is 1. The Kier molecular flexibility index (Phi) is 4.20. The summed E-state index contributed by atoms with van der Waals surface area (Å²) < 4.78 is 0. The van der Waals surface area contributed by atoms with E-state index in [1.807, 2.05) is 0 Å². The first-order valence-corrected chi connectivity index (χ1v) is 6.29. The van der Waals surface area contributed by atoms with Crippen LogP contribution >= 0.6 is 0 Å². The molecule has 5 nitrogen and oxygen atoms in total. The second kappa shape index (κ2) is 6.06. The second-order valence-electron chi connectivity index (χ2n) is 4.63. The summed E-state index contributed by atoms with van der Waals surface area (Å²) >= 11 is 0. The van der Waals surface area contributed by atoms with Crippen LogP contribution in [0.3, 0.4) is 0 Å². The molecule has 0 radical (unpaired) electrons. The van der Waals surface area contributed by atoms with Crippen LogP contribution in [-0.2, 0) is 11.2 Å². The highest BCUT2D eigenvalue weighted by Crippen LogP contribution is 2.26. The molecule has 1 amide bonds. The maximum absolute atomic E-state index is 12.0. The summed E-state index contributed by atoms with van der Waals surface area (Å²) in [5.74, 6) is -0.255. The van der Waals surface area contributed by atoms with Crippen molar-refractivity contribution in [2.24, 2.45) is 5.92 Å². The molecular formula is C15H16N2O3. The lowest BCUT2D eigenvalue weighted by molar-refractivity contribution is -0.119. The van der Waals surface area contributed by atoms with E-state index in [0.29, 0.717) is 12.2 Å². The summed E-state index contributed by atoms with van der Waals surface area (Å²) in [5.41, 5.74) is 0.781. The Balaban J connectivity index is 1.98. The number of nitrogens with one attached hydrogen (secondary N) is 1. The first-order valence-electron chi connectivity index (χ1n) is 6.29. The molecule has 0 aliphatic heterocycles. The van der Waals surface area contributed by atoms with E-state index in [0.717, 1.165) is 5.56 Å². The van der Waals surface area contributed by atoms with Crippen LogP contribution in [-0.4, -0.2) is 21.1 Å². The molecule has 1 aromatic carbocycles. The van der Waals surface area contributed by atoms with E-state index in [2.05, 4.69) is 10.3 Å². The van der Waals surface area contributed by atoms with Crippen molar-refractivity contribution >= 4 is 11.7 Å². The van der Waals surface area contributed by atoms with E-state index >= 15 is 0 Å². The number of pyridine rings is 1. The van der Waals surface area contributed by atoms with Crippen LogP contribution in [0.4, 0.5) is 5.82 Å². The summed E-state index contributed by atoms with van der Waals surface area (Å²) in [6, 6.07) is 9.84. The molecule has 104 valence electrons.